The predicted octanol–water partition coefficient (Wildman–Crippen LogP) is 1.41. The van der Waals surface area contributed by atoms with Gasteiger partial charge in [-0.3, -0.25) is 4.79 Å². The highest BCUT2D eigenvalue weighted by molar-refractivity contribution is 5.74. The molecule has 0 aromatic heterocycles. The number of hydrogen-bond donors (Lipinski definition) is 2. The normalized spacial score (nSPS) is 46.9. The molecule has 4 bridgehead atoms. The zero-order chi connectivity index (χ0) is 11.3. The first-order valence-corrected chi connectivity index (χ1v) is 6.61. The largest absolute Gasteiger partial charge is 0.370 e. The van der Waals surface area contributed by atoms with Gasteiger partial charge in [0.05, 0.1) is 0 Å². The zero-order valence-electron chi connectivity index (χ0n) is 9.82. The van der Waals surface area contributed by atoms with Crippen LogP contribution in [-0.4, -0.2) is 11.9 Å². The molecule has 16 heavy (non-hydrogen) atoms. The number of hydrogen-bond acceptors (Lipinski definition) is 2. The van der Waals surface area contributed by atoms with Gasteiger partial charge in [-0.25, -0.2) is 0 Å². The maximum Gasteiger partial charge on any atom is 0.218 e. The topological polar surface area (TPSA) is 69.1 Å². The standard InChI is InChI=1S/C13H22N2O/c14-11(4-12(15)16)13-5-8-1-9(6-13)3-10(2-8)7-13/h8-11H,1-7,14H2,(H2,15,16). The van der Waals surface area contributed by atoms with Gasteiger partial charge in [0, 0.05) is 12.5 Å². The van der Waals surface area contributed by atoms with Crippen LogP contribution in [0.25, 0.3) is 0 Å². The Hall–Kier alpha value is -0.570. The van der Waals surface area contributed by atoms with Gasteiger partial charge in [0.15, 0.2) is 0 Å². The van der Waals surface area contributed by atoms with E-state index < -0.39 is 0 Å². The molecule has 1 atom stereocenters. The van der Waals surface area contributed by atoms with Crippen molar-refractivity contribution in [3.63, 3.8) is 0 Å². The Kier molecular flexibility index (Phi) is 2.29. The van der Waals surface area contributed by atoms with E-state index in [-0.39, 0.29) is 17.4 Å². The lowest BCUT2D eigenvalue weighted by Gasteiger charge is -2.58. The molecule has 0 spiro atoms. The summed E-state index contributed by atoms with van der Waals surface area (Å²) in [5.74, 6) is 2.45. The highest BCUT2D eigenvalue weighted by Crippen LogP contribution is 2.61. The van der Waals surface area contributed by atoms with Crippen molar-refractivity contribution in [3.05, 3.63) is 0 Å². The Morgan fingerprint density at radius 1 is 1.12 bits per heavy atom. The first kappa shape index (κ1) is 10.6. The SMILES string of the molecule is NC(=O)CC(N)C12CC3CC(CC(C3)C1)C2. The van der Waals surface area contributed by atoms with Crippen molar-refractivity contribution >= 4 is 5.91 Å². The molecule has 4 fully saturated rings. The fourth-order valence-corrected chi connectivity index (χ4v) is 5.07. The molecule has 4 rings (SSSR count). The van der Waals surface area contributed by atoms with Crippen LogP contribution in [0, 0.1) is 23.2 Å². The number of amides is 1. The first-order chi connectivity index (χ1) is 7.57. The van der Waals surface area contributed by atoms with Gasteiger partial charge in [0.1, 0.15) is 0 Å². The van der Waals surface area contributed by atoms with E-state index in [0.29, 0.717) is 6.42 Å². The van der Waals surface area contributed by atoms with E-state index in [1.807, 2.05) is 0 Å². The number of primary amides is 1. The third kappa shape index (κ3) is 1.56. The molecule has 4 N–H and O–H groups in total. The second-order valence-corrected chi connectivity index (χ2v) is 6.56. The van der Waals surface area contributed by atoms with E-state index in [1.54, 1.807) is 0 Å². The van der Waals surface area contributed by atoms with Crippen molar-refractivity contribution in [3.8, 4) is 0 Å². The van der Waals surface area contributed by atoms with E-state index in [4.69, 9.17) is 11.5 Å². The fourth-order valence-electron chi connectivity index (χ4n) is 5.07. The number of carbonyl (C=O) groups excluding carboxylic acids is 1. The molecule has 3 nitrogen and oxygen atoms in total. The molecule has 4 saturated carbocycles. The van der Waals surface area contributed by atoms with E-state index in [0.717, 1.165) is 17.8 Å². The van der Waals surface area contributed by atoms with Crippen molar-refractivity contribution < 1.29 is 4.79 Å². The van der Waals surface area contributed by atoms with Crippen molar-refractivity contribution in [1.29, 1.82) is 0 Å². The summed E-state index contributed by atoms with van der Waals surface area (Å²) in [5, 5.41) is 0. The van der Waals surface area contributed by atoms with Gasteiger partial charge in [-0.15, -0.1) is 0 Å². The summed E-state index contributed by atoms with van der Waals surface area (Å²) in [4.78, 5) is 11.0. The Labute approximate surface area is 96.9 Å². The van der Waals surface area contributed by atoms with Gasteiger partial charge in [0.25, 0.3) is 0 Å². The second kappa shape index (κ2) is 3.46. The monoisotopic (exact) mass is 222 g/mol. The van der Waals surface area contributed by atoms with Crippen molar-refractivity contribution in [2.45, 2.75) is 51.0 Å². The fraction of sp³-hybridized carbons (Fsp3) is 0.923. The maximum atomic E-state index is 11.0. The second-order valence-electron chi connectivity index (χ2n) is 6.56. The van der Waals surface area contributed by atoms with Gasteiger partial charge < -0.3 is 11.5 Å². The van der Waals surface area contributed by atoms with Crippen molar-refractivity contribution in [1.82, 2.24) is 0 Å². The van der Waals surface area contributed by atoms with Crippen LogP contribution in [0.2, 0.25) is 0 Å². The van der Waals surface area contributed by atoms with E-state index in [2.05, 4.69) is 0 Å². The lowest BCUT2D eigenvalue weighted by atomic mass is 9.47. The van der Waals surface area contributed by atoms with Gasteiger partial charge >= 0.3 is 0 Å². The summed E-state index contributed by atoms with van der Waals surface area (Å²) in [6.07, 6.45) is 8.41. The van der Waals surface area contributed by atoms with Gasteiger partial charge in [-0.2, -0.15) is 0 Å². The summed E-state index contributed by atoms with van der Waals surface area (Å²) < 4.78 is 0. The van der Waals surface area contributed by atoms with Crippen LogP contribution in [0.4, 0.5) is 0 Å². The predicted molar refractivity (Wildman–Crippen MR) is 62.4 cm³/mol. The summed E-state index contributed by atoms with van der Waals surface area (Å²) in [7, 11) is 0. The van der Waals surface area contributed by atoms with Crippen LogP contribution in [0.3, 0.4) is 0 Å². The van der Waals surface area contributed by atoms with Gasteiger partial charge in [0.2, 0.25) is 5.91 Å². The van der Waals surface area contributed by atoms with Gasteiger partial charge in [-0.1, -0.05) is 0 Å². The maximum absolute atomic E-state index is 11.0. The Balaban J connectivity index is 1.80. The van der Waals surface area contributed by atoms with Crippen molar-refractivity contribution in [2.24, 2.45) is 34.6 Å². The minimum Gasteiger partial charge on any atom is -0.370 e. The minimum atomic E-state index is -0.233. The van der Waals surface area contributed by atoms with Crippen LogP contribution in [0.15, 0.2) is 0 Å². The minimum absolute atomic E-state index is 0.0124. The molecule has 4 aliphatic rings. The molecule has 0 saturated heterocycles. The van der Waals surface area contributed by atoms with Crippen LogP contribution in [0.1, 0.15) is 44.9 Å². The molecule has 1 amide bonds. The Morgan fingerprint density at radius 3 is 1.94 bits per heavy atom. The smallest absolute Gasteiger partial charge is 0.218 e. The molecule has 0 aromatic carbocycles. The molecule has 0 heterocycles. The first-order valence-electron chi connectivity index (χ1n) is 6.61. The third-order valence-electron chi connectivity index (χ3n) is 5.29. The molecule has 0 aliphatic heterocycles. The molecular formula is C13H22N2O. The summed E-state index contributed by atoms with van der Waals surface area (Å²) in [5.41, 5.74) is 11.8. The lowest BCUT2D eigenvalue weighted by Crippen LogP contribution is -2.55. The average molecular weight is 222 g/mol. The van der Waals surface area contributed by atoms with Crippen LogP contribution >= 0.6 is 0 Å². The van der Waals surface area contributed by atoms with E-state index in [9.17, 15) is 4.79 Å². The highest BCUT2D eigenvalue weighted by Gasteiger charge is 2.53. The number of carbonyl (C=O) groups is 1. The van der Waals surface area contributed by atoms with Gasteiger partial charge in [-0.05, 0) is 61.7 Å². The van der Waals surface area contributed by atoms with E-state index >= 15 is 0 Å². The molecule has 0 aromatic rings. The summed E-state index contributed by atoms with van der Waals surface area (Å²) in [6, 6.07) is 0.0124. The Morgan fingerprint density at radius 2 is 1.56 bits per heavy atom. The summed E-state index contributed by atoms with van der Waals surface area (Å²) >= 11 is 0. The van der Waals surface area contributed by atoms with Crippen LogP contribution in [-0.2, 0) is 4.79 Å². The lowest BCUT2D eigenvalue weighted by molar-refractivity contribution is -0.121. The van der Waals surface area contributed by atoms with E-state index in [1.165, 1.54) is 38.5 Å². The molecular weight excluding hydrogens is 200 g/mol. The summed E-state index contributed by atoms with van der Waals surface area (Å²) in [6.45, 7) is 0. The quantitative estimate of drug-likeness (QED) is 0.758. The molecule has 3 heteroatoms. The van der Waals surface area contributed by atoms with Crippen LogP contribution in [0.5, 0.6) is 0 Å². The van der Waals surface area contributed by atoms with Crippen molar-refractivity contribution in [2.75, 3.05) is 0 Å². The zero-order valence-corrected chi connectivity index (χ0v) is 9.82. The molecule has 0 radical (unpaired) electrons. The number of rotatable bonds is 3. The highest BCUT2D eigenvalue weighted by atomic mass is 16.1. The molecule has 90 valence electrons. The third-order valence-corrected chi connectivity index (χ3v) is 5.29. The average Bonchev–Trinajstić information content (AvgIpc) is 2.13. The number of nitrogens with two attached hydrogens (primary N) is 2. The van der Waals surface area contributed by atoms with Crippen LogP contribution < -0.4 is 11.5 Å². The molecule has 4 aliphatic carbocycles. The Bertz CT molecular complexity index is 278. The molecule has 1 unspecified atom stereocenters.